The Morgan fingerprint density at radius 2 is 1.43 bits per heavy atom. The highest BCUT2D eigenvalue weighted by Crippen LogP contribution is 1.51. The van der Waals surface area contributed by atoms with Crippen molar-refractivity contribution >= 4 is 12.1 Å². The quantitative estimate of drug-likeness (QED) is 0.335. The third-order valence-electron chi connectivity index (χ3n) is 0.246. The fraction of sp³-hybridized carbons (Fsp3) is 0. The summed E-state index contributed by atoms with van der Waals surface area (Å²) in [5.41, 5.74) is 8.88. The first kappa shape index (κ1) is 5.74. The monoisotopic (exact) mass is 105 g/mol. The van der Waals surface area contributed by atoms with Gasteiger partial charge in [0, 0.05) is 0 Å². The van der Waals surface area contributed by atoms with Gasteiger partial charge in [0.25, 0.3) is 0 Å². The Morgan fingerprint density at radius 3 is 1.43 bits per heavy atom. The minimum Gasteiger partial charge on any atom is -0.351 e. The van der Waals surface area contributed by atoms with Crippen molar-refractivity contribution in [2.24, 2.45) is 11.5 Å². The molecule has 40 valence electrons. The molecule has 5 heteroatoms. The van der Waals surface area contributed by atoms with Gasteiger partial charge in [-0.3, -0.25) is 5.32 Å². The summed E-state index contributed by atoms with van der Waals surface area (Å²) in [7, 11) is 0. The van der Waals surface area contributed by atoms with Crippen molar-refractivity contribution in [2.45, 2.75) is 0 Å². The second-order valence-corrected chi connectivity index (χ2v) is 0.854. The Hall–Kier alpha value is -1.26. The lowest BCUT2D eigenvalue weighted by molar-refractivity contribution is 0.236. The maximum Gasteiger partial charge on any atom is 0.320 e. The second-order valence-electron chi connectivity index (χ2n) is 0.854. The number of urea groups is 2. The molecule has 4 amide bonds. The van der Waals surface area contributed by atoms with Crippen LogP contribution in [0.3, 0.4) is 0 Å². The average molecular weight is 105 g/mol. The zero-order valence-corrected chi connectivity index (χ0v) is 3.47. The summed E-state index contributed by atoms with van der Waals surface area (Å²) in [6.07, 6.45) is 0. The van der Waals surface area contributed by atoms with Crippen molar-refractivity contribution in [3.05, 3.63) is 0 Å². The largest absolute Gasteiger partial charge is 0.351 e. The molecule has 0 unspecified atom stereocenters. The molecule has 0 aromatic heterocycles. The lowest BCUT2D eigenvalue weighted by Gasteiger charge is -1.88. The van der Waals surface area contributed by atoms with Crippen LogP contribution in [0.2, 0.25) is 0 Å². The van der Waals surface area contributed by atoms with Gasteiger partial charge in [-0.05, 0) is 0 Å². The summed E-state index contributed by atoms with van der Waals surface area (Å²) in [5, 5.41) is 1.58. The molecule has 7 heavy (non-hydrogen) atoms. The van der Waals surface area contributed by atoms with Crippen LogP contribution in [0.15, 0.2) is 0 Å². The number of hydrogen-bond acceptors (Lipinski definition) is 2. The molecule has 0 aliphatic heterocycles. The van der Waals surface area contributed by atoms with Crippen molar-refractivity contribution in [2.75, 3.05) is 0 Å². The van der Waals surface area contributed by atoms with Gasteiger partial charge in [-0.1, -0.05) is 0 Å². The number of rotatable bonds is 0. The van der Waals surface area contributed by atoms with E-state index in [-0.39, 0.29) is 0 Å². The van der Waals surface area contributed by atoms with Crippen LogP contribution >= 0.6 is 0 Å². The lowest BCUT2D eigenvalue weighted by atomic mass is 11.6. The van der Waals surface area contributed by atoms with Gasteiger partial charge in [-0.2, -0.15) is 0 Å². The van der Waals surface area contributed by atoms with E-state index in [9.17, 15) is 9.59 Å². The molecule has 0 atom stereocenters. The van der Waals surface area contributed by atoms with Gasteiger partial charge in [0.05, 0.1) is 0 Å². The number of primary amides is 2. The topological polar surface area (TPSA) is 98.2 Å². The van der Waals surface area contributed by atoms with Crippen LogP contribution in [0.1, 0.15) is 0 Å². The molecule has 0 fully saturated rings. The molecular formula is C2H5N3O2. The third kappa shape index (κ3) is 4.74. The molecule has 0 saturated heterocycles. The number of imide groups is 1. The number of hydrogen-bond donors (Lipinski definition) is 3. The first-order chi connectivity index (χ1) is 3.13. The first-order valence-corrected chi connectivity index (χ1v) is 1.49. The zero-order valence-electron chi connectivity index (χ0n) is 3.47. The zero-order chi connectivity index (χ0) is 5.86. The fourth-order valence-corrected chi connectivity index (χ4v) is 0.121. The van der Waals surface area contributed by atoms with Gasteiger partial charge < -0.3 is 11.5 Å². The molecule has 0 aromatic rings. The van der Waals surface area contributed by atoms with E-state index in [1.165, 1.54) is 0 Å². The minimum atomic E-state index is -0.938. The van der Waals surface area contributed by atoms with Crippen molar-refractivity contribution in [3.63, 3.8) is 0 Å². The molecule has 0 spiro atoms. The fourth-order valence-electron chi connectivity index (χ4n) is 0.121. The lowest BCUT2D eigenvalue weighted by Crippen LogP contribution is -2.38. The smallest absolute Gasteiger partial charge is 0.320 e. The minimum absolute atomic E-state index is 0.937. The van der Waals surface area contributed by atoms with Crippen LogP contribution in [0.4, 0.5) is 9.59 Å². The van der Waals surface area contributed by atoms with Gasteiger partial charge in [-0.15, -0.1) is 0 Å². The maximum absolute atomic E-state index is 9.62. The van der Waals surface area contributed by atoms with Crippen LogP contribution < -0.4 is 16.8 Å². The summed E-state index contributed by atoms with van der Waals surface area (Å²) in [6, 6.07) is -1.88. The molecular weight excluding hydrogens is 100 g/mol. The third-order valence-corrected chi connectivity index (χ3v) is 0.246. The van der Waals surface area contributed by atoms with E-state index in [0.717, 1.165) is 0 Å². The van der Waals surface area contributed by atoms with E-state index in [2.05, 4.69) is 11.5 Å². The summed E-state index contributed by atoms with van der Waals surface area (Å²) >= 11 is 0. The van der Waals surface area contributed by atoms with E-state index in [0.29, 0.717) is 0 Å². The Morgan fingerprint density at radius 1 is 1.14 bits per heavy atom. The summed E-state index contributed by atoms with van der Waals surface area (Å²) in [4.78, 5) is 19.2. The first-order valence-electron chi connectivity index (χ1n) is 1.49. The highest BCUT2D eigenvalue weighted by atomic mass is 16.3. The van der Waals surface area contributed by atoms with Crippen molar-refractivity contribution in [1.82, 2.24) is 5.32 Å². The number of carbonyl (C=O) groups excluding carboxylic acids is 2. The predicted octanol–water partition coefficient (Wildman–Crippen LogP) is -1.27. The van der Waals surface area contributed by atoms with Crippen LogP contribution in [0.25, 0.3) is 0 Å². The molecule has 0 rings (SSSR count). The van der Waals surface area contributed by atoms with Crippen molar-refractivity contribution < 1.29 is 9.59 Å². The summed E-state index contributed by atoms with van der Waals surface area (Å²) < 4.78 is 0. The van der Waals surface area contributed by atoms with E-state index >= 15 is 0 Å². The number of amides is 4. The van der Waals surface area contributed by atoms with E-state index < -0.39 is 12.1 Å². The molecule has 0 saturated carbocycles. The summed E-state index contributed by atoms with van der Waals surface area (Å²) in [5.74, 6) is 0. The molecule has 5 N–H and O–H groups in total. The Labute approximate surface area is 39.7 Å². The molecule has 0 heterocycles. The van der Waals surface area contributed by atoms with Crippen LogP contribution in [0.5, 0.6) is 0 Å². The maximum atomic E-state index is 9.62. The highest BCUT2D eigenvalue weighted by Gasteiger charge is 1.92. The standard InChI is InChI=1S/C2H5N3O2/c3-1(6)5-2(4)7/h(H5,3,4,5,6,7)/i1+1,2+1. The highest BCUT2D eigenvalue weighted by molar-refractivity contribution is 5.91. The summed E-state index contributed by atoms with van der Waals surface area (Å²) in [6.45, 7) is 0. The van der Waals surface area contributed by atoms with Crippen molar-refractivity contribution in [1.29, 1.82) is 0 Å². The molecule has 5 nitrogen and oxygen atoms in total. The molecule has 0 aromatic carbocycles. The Bertz CT molecular complexity index is 87.1. The second kappa shape index (κ2) is 2.01. The van der Waals surface area contributed by atoms with Crippen molar-refractivity contribution in [3.8, 4) is 0 Å². The normalized spacial score (nSPS) is 7.43. The van der Waals surface area contributed by atoms with E-state index in [4.69, 9.17) is 0 Å². The number of nitrogens with two attached hydrogens (primary N) is 2. The number of carbonyl (C=O) groups is 2. The van der Waals surface area contributed by atoms with Gasteiger partial charge in [-0.25, -0.2) is 9.59 Å². The Kier molecular flexibility index (Phi) is 1.65. The Balaban J connectivity index is 3.32. The van der Waals surface area contributed by atoms with Gasteiger partial charge in [0.1, 0.15) is 0 Å². The van der Waals surface area contributed by atoms with E-state index in [1.807, 2.05) is 0 Å². The van der Waals surface area contributed by atoms with Crippen LogP contribution in [0, 0.1) is 0 Å². The molecule has 0 aliphatic carbocycles. The van der Waals surface area contributed by atoms with Gasteiger partial charge in [0.2, 0.25) is 0 Å². The predicted molar refractivity (Wildman–Crippen MR) is 22.3 cm³/mol. The molecule has 0 bridgehead atoms. The molecule has 0 radical (unpaired) electrons. The van der Waals surface area contributed by atoms with E-state index in [1.54, 1.807) is 5.32 Å². The van der Waals surface area contributed by atoms with Gasteiger partial charge in [0.15, 0.2) is 0 Å². The van der Waals surface area contributed by atoms with Crippen LogP contribution in [-0.2, 0) is 0 Å². The average Bonchev–Trinajstić information content (AvgIpc) is 1.27. The molecule has 0 aliphatic rings. The SMILES string of the molecule is N[13C](=O)N[13C](N)=O. The van der Waals surface area contributed by atoms with Crippen LogP contribution in [-0.4, -0.2) is 12.1 Å². The number of nitrogens with one attached hydrogen (secondary N) is 1. The van der Waals surface area contributed by atoms with Gasteiger partial charge >= 0.3 is 12.1 Å².